The molecule has 4 atom stereocenters. The molecular weight excluding hydrogens is 236 g/mol. The van der Waals surface area contributed by atoms with Gasteiger partial charge in [-0.05, 0) is 24.5 Å². The maximum Gasteiger partial charge on any atom is 0.0674 e. The summed E-state index contributed by atoms with van der Waals surface area (Å²) in [5.74, 6) is 2.36. The molecule has 0 unspecified atom stereocenters. The second-order valence-electron chi connectivity index (χ2n) is 6.32. The molecule has 0 amide bonds. The molecule has 0 spiro atoms. The van der Waals surface area contributed by atoms with Crippen molar-refractivity contribution in [3.8, 4) is 0 Å². The number of pyridine rings is 1. The fraction of sp³-hybridized carbons (Fsp3) is 0.688. The van der Waals surface area contributed by atoms with E-state index in [4.69, 9.17) is 4.74 Å². The van der Waals surface area contributed by atoms with Crippen LogP contribution in [0.5, 0.6) is 0 Å². The first-order chi connectivity index (χ1) is 9.43. The van der Waals surface area contributed by atoms with E-state index in [1.165, 1.54) is 37.8 Å². The molecule has 3 heteroatoms. The number of anilines is 1. The molecule has 3 fully saturated rings. The number of nitrogens with one attached hydrogen (secondary N) is 1. The van der Waals surface area contributed by atoms with Gasteiger partial charge in [0.05, 0.1) is 6.10 Å². The Morgan fingerprint density at radius 2 is 1.89 bits per heavy atom. The summed E-state index contributed by atoms with van der Waals surface area (Å²) < 4.78 is 5.99. The molecule has 1 aliphatic heterocycles. The lowest BCUT2D eigenvalue weighted by Crippen LogP contribution is -2.59. The van der Waals surface area contributed by atoms with Gasteiger partial charge in [-0.2, -0.15) is 0 Å². The van der Waals surface area contributed by atoms with Crippen molar-refractivity contribution in [3.05, 3.63) is 24.5 Å². The van der Waals surface area contributed by atoms with E-state index in [1.807, 2.05) is 12.4 Å². The Morgan fingerprint density at radius 1 is 1.11 bits per heavy atom. The van der Waals surface area contributed by atoms with E-state index in [1.54, 1.807) is 0 Å². The van der Waals surface area contributed by atoms with Gasteiger partial charge in [-0.25, -0.2) is 0 Å². The lowest BCUT2D eigenvalue weighted by atomic mass is 9.61. The van der Waals surface area contributed by atoms with Gasteiger partial charge < -0.3 is 10.1 Å². The lowest BCUT2D eigenvalue weighted by Gasteiger charge is -2.51. The molecule has 0 radical (unpaired) electrons. The van der Waals surface area contributed by atoms with Crippen molar-refractivity contribution in [2.24, 2.45) is 17.8 Å². The van der Waals surface area contributed by atoms with Gasteiger partial charge in [0.15, 0.2) is 0 Å². The van der Waals surface area contributed by atoms with Gasteiger partial charge in [-0.15, -0.1) is 0 Å². The molecule has 2 saturated carbocycles. The molecule has 1 N–H and O–H groups in total. The third-order valence-electron chi connectivity index (χ3n) is 5.40. The average molecular weight is 258 g/mol. The van der Waals surface area contributed by atoms with Gasteiger partial charge in [0.25, 0.3) is 0 Å². The monoisotopic (exact) mass is 258 g/mol. The van der Waals surface area contributed by atoms with Crippen LogP contribution in [0.2, 0.25) is 0 Å². The normalized spacial score (nSPS) is 37.9. The van der Waals surface area contributed by atoms with E-state index < -0.39 is 0 Å². The summed E-state index contributed by atoms with van der Waals surface area (Å²) in [6.07, 6.45) is 11.2. The first-order valence-electron chi connectivity index (χ1n) is 7.71. The van der Waals surface area contributed by atoms with Crippen molar-refractivity contribution in [2.75, 3.05) is 11.9 Å². The van der Waals surface area contributed by atoms with Crippen LogP contribution in [-0.4, -0.2) is 23.7 Å². The highest BCUT2D eigenvalue weighted by Crippen LogP contribution is 2.51. The van der Waals surface area contributed by atoms with Crippen molar-refractivity contribution >= 4 is 5.69 Å². The highest BCUT2D eigenvalue weighted by Gasteiger charge is 2.56. The maximum atomic E-state index is 5.99. The van der Waals surface area contributed by atoms with Gasteiger partial charge in [0, 0.05) is 42.6 Å². The van der Waals surface area contributed by atoms with Gasteiger partial charge in [-0.1, -0.05) is 25.7 Å². The smallest absolute Gasteiger partial charge is 0.0674 e. The molecule has 1 aromatic rings. The SMILES string of the molecule is c1cc(N[C@@H]2[C@@H]3CCO[C@@H]3[C@@H]2C2CCCC2)ccn1. The third-order valence-corrected chi connectivity index (χ3v) is 5.40. The third kappa shape index (κ3) is 1.95. The molecule has 102 valence electrons. The molecule has 0 aromatic carbocycles. The summed E-state index contributed by atoms with van der Waals surface area (Å²) in [4.78, 5) is 4.09. The van der Waals surface area contributed by atoms with Gasteiger partial charge in [0.2, 0.25) is 0 Å². The highest BCUT2D eigenvalue weighted by molar-refractivity contribution is 5.43. The van der Waals surface area contributed by atoms with Crippen LogP contribution in [0.1, 0.15) is 32.1 Å². The molecule has 2 heterocycles. The summed E-state index contributed by atoms with van der Waals surface area (Å²) in [7, 11) is 0. The van der Waals surface area contributed by atoms with Crippen LogP contribution in [-0.2, 0) is 4.74 Å². The van der Waals surface area contributed by atoms with E-state index >= 15 is 0 Å². The second-order valence-corrected chi connectivity index (χ2v) is 6.32. The van der Waals surface area contributed by atoms with Crippen molar-refractivity contribution in [2.45, 2.75) is 44.2 Å². The Balaban J connectivity index is 1.51. The Labute approximate surface area is 114 Å². The topological polar surface area (TPSA) is 34.1 Å². The van der Waals surface area contributed by atoms with E-state index in [-0.39, 0.29) is 0 Å². The fourth-order valence-corrected chi connectivity index (χ4v) is 4.50. The van der Waals surface area contributed by atoms with Crippen LogP contribution < -0.4 is 5.32 Å². The maximum absolute atomic E-state index is 5.99. The van der Waals surface area contributed by atoms with E-state index in [9.17, 15) is 0 Å². The molecule has 1 saturated heterocycles. The molecule has 19 heavy (non-hydrogen) atoms. The zero-order valence-corrected chi connectivity index (χ0v) is 11.3. The minimum atomic E-state index is 0.544. The van der Waals surface area contributed by atoms with Crippen LogP contribution in [0.25, 0.3) is 0 Å². The van der Waals surface area contributed by atoms with Crippen LogP contribution in [0.15, 0.2) is 24.5 Å². The standard InChI is InChI=1S/C16H22N2O/c1-2-4-11(3-1)14-15(13-7-10-19-16(13)14)18-12-5-8-17-9-6-12/h5-6,8-9,11,13-16H,1-4,7,10H2,(H,17,18)/t13-,14+,15+,16-/m0/s1. The first-order valence-corrected chi connectivity index (χ1v) is 7.71. The average Bonchev–Trinajstić information content (AvgIpc) is 3.08. The van der Waals surface area contributed by atoms with Gasteiger partial charge in [-0.3, -0.25) is 4.98 Å². The van der Waals surface area contributed by atoms with Gasteiger partial charge >= 0.3 is 0 Å². The molecule has 3 nitrogen and oxygen atoms in total. The number of aromatic nitrogens is 1. The largest absolute Gasteiger partial charge is 0.381 e. The van der Waals surface area contributed by atoms with Crippen molar-refractivity contribution in [3.63, 3.8) is 0 Å². The minimum absolute atomic E-state index is 0.544. The number of ether oxygens (including phenoxy) is 1. The molecular formula is C16H22N2O. The quantitative estimate of drug-likeness (QED) is 0.904. The molecule has 1 aromatic heterocycles. The lowest BCUT2D eigenvalue weighted by molar-refractivity contribution is -0.0628. The highest BCUT2D eigenvalue weighted by atomic mass is 16.5. The fourth-order valence-electron chi connectivity index (χ4n) is 4.50. The number of nitrogens with zero attached hydrogens (tertiary/aromatic N) is 1. The Kier molecular flexibility index (Phi) is 2.95. The molecule has 4 rings (SSSR count). The predicted molar refractivity (Wildman–Crippen MR) is 74.9 cm³/mol. The van der Waals surface area contributed by atoms with E-state index in [2.05, 4.69) is 22.4 Å². The Morgan fingerprint density at radius 3 is 2.68 bits per heavy atom. The van der Waals surface area contributed by atoms with Crippen LogP contribution in [0, 0.1) is 17.8 Å². The first kappa shape index (κ1) is 11.7. The van der Waals surface area contributed by atoms with E-state index in [0.29, 0.717) is 12.1 Å². The van der Waals surface area contributed by atoms with Crippen LogP contribution >= 0.6 is 0 Å². The van der Waals surface area contributed by atoms with Gasteiger partial charge in [0.1, 0.15) is 0 Å². The Hall–Kier alpha value is -1.09. The Bertz CT molecular complexity index is 425. The van der Waals surface area contributed by atoms with Crippen molar-refractivity contribution in [1.29, 1.82) is 0 Å². The van der Waals surface area contributed by atoms with Crippen molar-refractivity contribution < 1.29 is 4.74 Å². The van der Waals surface area contributed by atoms with Crippen LogP contribution in [0.4, 0.5) is 5.69 Å². The summed E-state index contributed by atoms with van der Waals surface area (Å²) in [6, 6.07) is 4.78. The zero-order chi connectivity index (χ0) is 12.7. The number of fused-ring (bicyclic) bond motifs is 1. The summed E-state index contributed by atoms with van der Waals surface area (Å²) in [5, 5.41) is 3.76. The van der Waals surface area contributed by atoms with E-state index in [0.717, 1.165) is 24.4 Å². The predicted octanol–water partition coefficient (Wildman–Crippen LogP) is 3.09. The molecule has 3 aliphatic rings. The molecule has 2 aliphatic carbocycles. The summed E-state index contributed by atoms with van der Waals surface area (Å²) >= 11 is 0. The molecule has 0 bridgehead atoms. The summed E-state index contributed by atoms with van der Waals surface area (Å²) in [5.41, 5.74) is 1.22. The summed E-state index contributed by atoms with van der Waals surface area (Å²) in [6.45, 7) is 0.965. The number of hydrogen-bond acceptors (Lipinski definition) is 3. The minimum Gasteiger partial charge on any atom is -0.381 e. The second kappa shape index (κ2) is 4.78. The zero-order valence-electron chi connectivity index (χ0n) is 11.3. The number of hydrogen-bond donors (Lipinski definition) is 1. The van der Waals surface area contributed by atoms with Crippen LogP contribution in [0.3, 0.4) is 0 Å². The number of rotatable bonds is 3. The van der Waals surface area contributed by atoms with Crippen molar-refractivity contribution in [1.82, 2.24) is 4.98 Å².